The van der Waals surface area contributed by atoms with Crippen molar-refractivity contribution >= 4 is 28.9 Å². The Balaban J connectivity index is 0.00000192. The molecule has 6 heteroatoms. The third-order valence-corrected chi connectivity index (χ3v) is 3.52. The normalized spacial score (nSPS) is 15.5. The number of aryl methyl sites for hydroxylation is 1. The second-order valence-corrected chi connectivity index (χ2v) is 5.35. The van der Waals surface area contributed by atoms with Crippen LogP contribution < -0.4 is 32.9 Å². The number of benzene rings is 2. The number of amides is 2. The molecule has 2 amide bonds. The highest BCUT2D eigenvalue weighted by Crippen LogP contribution is 2.26. The molecule has 2 aromatic rings. The number of hydrogen-bond acceptors (Lipinski definition) is 3. The largest absolute Gasteiger partial charge is 1.00 e. The summed E-state index contributed by atoms with van der Waals surface area (Å²) in [5.41, 5.74) is 3.38. The topological polar surface area (TPSA) is 70.2 Å². The van der Waals surface area contributed by atoms with Gasteiger partial charge in [0.2, 0.25) is 11.8 Å². The lowest BCUT2D eigenvalue weighted by Crippen LogP contribution is -3.00. The van der Waals surface area contributed by atoms with Gasteiger partial charge in [0, 0.05) is 5.69 Å². The van der Waals surface area contributed by atoms with E-state index in [0.29, 0.717) is 0 Å². The van der Waals surface area contributed by atoms with Gasteiger partial charge in [0.15, 0.2) is 0 Å². The van der Waals surface area contributed by atoms with E-state index in [2.05, 4.69) is 16.0 Å². The van der Waals surface area contributed by atoms with Crippen molar-refractivity contribution in [1.82, 2.24) is 0 Å². The first-order chi connectivity index (χ1) is 10.6. The Morgan fingerprint density at radius 1 is 1.13 bits per heavy atom. The maximum atomic E-state index is 12.1. The van der Waals surface area contributed by atoms with Gasteiger partial charge in [-0.05, 0) is 36.8 Å². The van der Waals surface area contributed by atoms with E-state index >= 15 is 0 Å². The van der Waals surface area contributed by atoms with Gasteiger partial charge >= 0.3 is 0 Å². The molecule has 1 unspecified atom stereocenters. The van der Waals surface area contributed by atoms with Gasteiger partial charge in [0.05, 0.1) is 17.8 Å². The monoisotopic (exact) mass is 374 g/mol. The summed E-state index contributed by atoms with van der Waals surface area (Å²) in [6.45, 7) is 1.96. The molecule has 1 aliphatic rings. The Bertz CT molecular complexity index is 733. The van der Waals surface area contributed by atoms with Gasteiger partial charge in [-0.15, -0.1) is 0 Å². The Kier molecular flexibility index (Phi) is 5.39. The summed E-state index contributed by atoms with van der Waals surface area (Å²) >= 11 is 0. The fourth-order valence-corrected chi connectivity index (χ4v) is 2.46. The molecule has 1 atom stereocenters. The van der Waals surface area contributed by atoms with Gasteiger partial charge in [-0.3, -0.25) is 9.59 Å². The lowest BCUT2D eigenvalue weighted by atomic mass is 10.1. The molecule has 1 aliphatic heterocycles. The van der Waals surface area contributed by atoms with E-state index in [1.807, 2.05) is 55.5 Å². The number of fused-ring (bicyclic) bond motifs is 1. The fraction of sp³-hybridized carbons (Fsp3) is 0.176. The first kappa shape index (κ1) is 17.0. The van der Waals surface area contributed by atoms with Crippen molar-refractivity contribution in [2.45, 2.75) is 19.4 Å². The molecule has 120 valence electrons. The van der Waals surface area contributed by atoms with Gasteiger partial charge in [-0.25, -0.2) is 0 Å². The van der Waals surface area contributed by atoms with E-state index in [0.717, 1.165) is 22.6 Å². The average molecular weight is 375 g/mol. The summed E-state index contributed by atoms with van der Waals surface area (Å²) in [6, 6.07) is 14.4. The van der Waals surface area contributed by atoms with Crippen molar-refractivity contribution < 1.29 is 26.6 Å². The van der Waals surface area contributed by atoms with Crippen LogP contribution in [0.1, 0.15) is 12.0 Å². The second-order valence-electron chi connectivity index (χ2n) is 5.35. The first-order valence-corrected chi connectivity index (χ1v) is 7.15. The van der Waals surface area contributed by atoms with Crippen LogP contribution in [0, 0.1) is 6.92 Å². The van der Waals surface area contributed by atoms with Gasteiger partial charge < -0.3 is 32.9 Å². The predicted octanol–water partition coefficient (Wildman–Crippen LogP) is -0.240. The maximum Gasteiger partial charge on any atom is 0.247 e. The van der Waals surface area contributed by atoms with Gasteiger partial charge in [-0.1, -0.05) is 24.3 Å². The molecule has 23 heavy (non-hydrogen) atoms. The molecule has 3 rings (SSSR count). The number of rotatable bonds is 3. The molecule has 0 bridgehead atoms. The van der Waals surface area contributed by atoms with Crippen molar-refractivity contribution in [2.24, 2.45) is 0 Å². The number of para-hydroxylation sites is 2. The summed E-state index contributed by atoms with van der Waals surface area (Å²) in [4.78, 5) is 24.2. The molecule has 0 fully saturated rings. The Hall–Kier alpha value is -2.34. The number of halogens is 1. The molecule has 0 aliphatic carbocycles. The Labute approximate surface area is 145 Å². The minimum absolute atomic E-state index is 0. The fourth-order valence-electron chi connectivity index (χ4n) is 2.46. The van der Waals surface area contributed by atoms with E-state index in [4.69, 9.17) is 0 Å². The van der Waals surface area contributed by atoms with E-state index < -0.39 is 6.04 Å². The first-order valence-electron chi connectivity index (χ1n) is 7.15. The number of hydrogen-bond donors (Lipinski definition) is 3. The smallest absolute Gasteiger partial charge is 0.247 e. The van der Waals surface area contributed by atoms with Crippen LogP contribution in [0.3, 0.4) is 0 Å². The third-order valence-electron chi connectivity index (χ3n) is 3.52. The molecule has 0 aromatic heterocycles. The summed E-state index contributed by atoms with van der Waals surface area (Å²) in [7, 11) is 0. The van der Waals surface area contributed by atoms with Crippen LogP contribution in [0.15, 0.2) is 48.5 Å². The third kappa shape index (κ3) is 4.10. The van der Waals surface area contributed by atoms with Crippen LogP contribution in [-0.2, 0) is 9.59 Å². The van der Waals surface area contributed by atoms with Crippen LogP contribution >= 0.6 is 0 Å². The van der Waals surface area contributed by atoms with Gasteiger partial charge in [0.25, 0.3) is 0 Å². The molecule has 2 aromatic carbocycles. The lowest BCUT2D eigenvalue weighted by Gasteiger charge is -2.26. The van der Waals surface area contributed by atoms with Crippen molar-refractivity contribution in [3.8, 4) is 0 Å². The Morgan fingerprint density at radius 2 is 1.87 bits per heavy atom. The van der Waals surface area contributed by atoms with Crippen molar-refractivity contribution in [2.75, 3.05) is 16.0 Å². The van der Waals surface area contributed by atoms with E-state index in [9.17, 15) is 9.59 Å². The second kappa shape index (κ2) is 7.28. The van der Waals surface area contributed by atoms with Crippen molar-refractivity contribution in [3.05, 3.63) is 54.1 Å². The van der Waals surface area contributed by atoms with Crippen LogP contribution in [0.4, 0.5) is 17.1 Å². The zero-order valence-electron chi connectivity index (χ0n) is 12.6. The summed E-state index contributed by atoms with van der Waals surface area (Å²) in [5, 5.41) is 8.72. The quantitative estimate of drug-likeness (QED) is 0.694. The highest BCUT2D eigenvalue weighted by molar-refractivity contribution is 6.06. The zero-order valence-corrected chi connectivity index (χ0v) is 14.2. The number of nitrogens with one attached hydrogen (secondary N) is 3. The van der Waals surface area contributed by atoms with E-state index in [-0.39, 0.29) is 35.2 Å². The molecular weight excluding hydrogens is 358 g/mol. The van der Waals surface area contributed by atoms with Crippen molar-refractivity contribution in [1.29, 1.82) is 0 Å². The van der Waals surface area contributed by atoms with E-state index in [1.165, 1.54) is 0 Å². The predicted molar refractivity (Wildman–Crippen MR) is 86.9 cm³/mol. The summed E-state index contributed by atoms with van der Waals surface area (Å²) in [5.74, 6) is -0.393. The number of carbonyl (C=O) groups is 2. The minimum atomic E-state index is -0.570. The van der Waals surface area contributed by atoms with E-state index in [1.54, 1.807) is 0 Å². The maximum absolute atomic E-state index is 12.1. The summed E-state index contributed by atoms with van der Waals surface area (Å²) < 4.78 is 0. The average Bonchev–Trinajstić information content (AvgIpc) is 2.48. The molecule has 0 saturated carbocycles. The van der Waals surface area contributed by atoms with Crippen LogP contribution in [0.25, 0.3) is 0 Å². The van der Waals surface area contributed by atoms with Crippen LogP contribution in [0.5, 0.6) is 0 Å². The van der Waals surface area contributed by atoms with Crippen molar-refractivity contribution in [3.63, 3.8) is 0 Å². The number of anilines is 3. The minimum Gasteiger partial charge on any atom is -1.00 e. The molecular formula is C17H17BrN3O2-. The molecule has 0 radical (unpaired) electrons. The zero-order chi connectivity index (χ0) is 15.5. The Morgan fingerprint density at radius 3 is 2.61 bits per heavy atom. The standard InChI is InChI=1S/C17H17N3O2.BrH/c1-11-5-4-6-12(9-11)18-16(21)10-15-17(22)20-14-8-3-2-7-13(14)19-15;/h2-9,15,19H,10H2,1H3,(H,18,21)(H,20,22);1H/p-1. The molecule has 0 saturated heterocycles. The van der Waals surface area contributed by atoms with Gasteiger partial charge in [-0.2, -0.15) is 0 Å². The lowest BCUT2D eigenvalue weighted by molar-refractivity contribution is -0.122. The molecule has 3 N–H and O–H groups in total. The highest BCUT2D eigenvalue weighted by Gasteiger charge is 2.27. The van der Waals surface area contributed by atoms with Crippen LogP contribution in [-0.4, -0.2) is 17.9 Å². The SMILES string of the molecule is Cc1cccc(NC(=O)CC2Nc3ccccc3NC2=O)c1.[Br-]. The van der Waals surface area contributed by atoms with Gasteiger partial charge in [0.1, 0.15) is 6.04 Å². The summed E-state index contributed by atoms with van der Waals surface area (Å²) in [6.07, 6.45) is 0.0775. The molecule has 5 nitrogen and oxygen atoms in total. The van der Waals surface area contributed by atoms with Crippen LogP contribution in [0.2, 0.25) is 0 Å². The highest BCUT2D eigenvalue weighted by atomic mass is 79.9. The number of carbonyl (C=O) groups excluding carboxylic acids is 2. The molecule has 0 spiro atoms. The molecule has 1 heterocycles.